The van der Waals surface area contributed by atoms with E-state index >= 15 is 0 Å². The summed E-state index contributed by atoms with van der Waals surface area (Å²) in [7, 11) is 0. The second kappa shape index (κ2) is 5.47. The molecule has 0 aliphatic heterocycles. The van der Waals surface area contributed by atoms with Crippen LogP contribution < -0.4 is 5.43 Å². The molecule has 0 bridgehead atoms. The average Bonchev–Trinajstić information content (AvgIpc) is 2.53. The van der Waals surface area contributed by atoms with E-state index in [1.54, 1.807) is 18.2 Å². The SMILES string of the molecule is CC[S+]([O-])c1ccc2c(=O)c3cc(C(=O)O)ccc3oc2c1. The third kappa shape index (κ3) is 2.36. The number of hydrogen-bond acceptors (Lipinski definition) is 4. The predicted octanol–water partition coefficient (Wildman–Crippen LogP) is 2.77. The van der Waals surface area contributed by atoms with Crippen molar-refractivity contribution in [3.8, 4) is 0 Å². The van der Waals surface area contributed by atoms with Gasteiger partial charge in [-0.15, -0.1) is 0 Å². The number of carboxylic acid groups (broad SMARTS) is 1. The fourth-order valence-corrected chi connectivity index (χ4v) is 3.07. The van der Waals surface area contributed by atoms with E-state index in [1.165, 1.54) is 18.2 Å². The minimum atomic E-state index is -1.14. The summed E-state index contributed by atoms with van der Waals surface area (Å²) >= 11 is -1.14. The van der Waals surface area contributed by atoms with Crippen molar-refractivity contribution in [1.29, 1.82) is 0 Å². The highest BCUT2D eigenvalue weighted by Crippen LogP contribution is 2.23. The standard InChI is InChI=1S/C16H12O5S/c1-2-22(20)10-4-5-11-14(8-10)21-13-6-3-9(16(18)19)7-12(13)15(11)17/h3-8H,2H2,1H3,(H,18,19). The number of hydrogen-bond donors (Lipinski definition) is 1. The third-order valence-corrected chi connectivity index (χ3v) is 4.72. The van der Waals surface area contributed by atoms with Gasteiger partial charge in [0.05, 0.1) is 16.3 Å². The topological polar surface area (TPSA) is 90.6 Å². The molecule has 2 aromatic carbocycles. The summed E-state index contributed by atoms with van der Waals surface area (Å²) in [6.45, 7) is 1.81. The summed E-state index contributed by atoms with van der Waals surface area (Å²) in [5.41, 5.74) is 0.387. The van der Waals surface area contributed by atoms with Crippen LogP contribution in [-0.2, 0) is 11.2 Å². The molecule has 22 heavy (non-hydrogen) atoms. The van der Waals surface area contributed by atoms with Gasteiger partial charge in [0.25, 0.3) is 0 Å². The lowest BCUT2D eigenvalue weighted by molar-refractivity contribution is 0.0697. The number of fused-ring (bicyclic) bond motifs is 2. The smallest absolute Gasteiger partial charge is 0.335 e. The zero-order valence-corrected chi connectivity index (χ0v) is 12.5. The minimum absolute atomic E-state index is 0.0304. The second-order valence-corrected chi connectivity index (χ2v) is 6.48. The molecule has 1 unspecified atom stereocenters. The molecule has 3 rings (SSSR count). The Morgan fingerprint density at radius 2 is 1.95 bits per heavy atom. The molecule has 0 saturated carbocycles. The van der Waals surface area contributed by atoms with Gasteiger partial charge in [-0.2, -0.15) is 0 Å². The Morgan fingerprint density at radius 3 is 2.64 bits per heavy atom. The van der Waals surface area contributed by atoms with Crippen LogP contribution in [0.15, 0.2) is 50.5 Å². The molecule has 6 heteroatoms. The van der Waals surface area contributed by atoms with Crippen LogP contribution in [0, 0.1) is 0 Å². The molecule has 1 atom stereocenters. The van der Waals surface area contributed by atoms with Gasteiger partial charge >= 0.3 is 5.97 Å². The van der Waals surface area contributed by atoms with Crippen LogP contribution in [0.5, 0.6) is 0 Å². The second-order valence-electron chi connectivity index (χ2n) is 4.74. The quantitative estimate of drug-likeness (QED) is 0.592. The zero-order chi connectivity index (χ0) is 15.9. The van der Waals surface area contributed by atoms with Gasteiger partial charge in [0.15, 0.2) is 4.90 Å². The van der Waals surface area contributed by atoms with E-state index in [-0.39, 0.29) is 16.4 Å². The Balaban J connectivity index is 2.31. The number of benzene rings is 2. The first-order valence-electron chi connectivity index (χ1n) is 6.63. The first kappa shape index (κ1) is 14.6. The van der Waals surface area contributed by atoms with Gasteiger partial charge in [0.1, 0.15) is 16.9 Å². The molecule has 5 nitrogen and oxygen atoms in total. The highest BCUT2D eigenvalue weighted by molar-refractivity contribution is 7.91. The molecule has 0 aliphatic carbocycles. The summed E-state index contributed by atoms with van der Waals surface area (Å²) < 4.78 is 17.5. The third-order valence-electron chi connectivity index (χ3n) is 3.41. The first-order chi connectivity index (χ1) is 10.5. The molecule has 0 radical (unpaired) electrons. The fourth-order valence-electron chi connectivity index (χ4n) is 2.28. The van der Waals surface area contributed by atoms with E-state index < -0.39 is 17.1 Å². The van der Waals surface area contributed by atoms with Crippen LogP contribution in [-0.4, -0.2) is 21.4 Å². The van der Waals surface area contributed by atoms with Crippen molar-refractivity contribution in [2.45, 2.75) is 11.8 Å². The predicted molar refractivity (Wildman–Crippen MR) is 83.9 cm³/mol. The number of rotatable bonds is 3. The highest BCUT2D eigenvalue weighted by atomic mass is 32.2. The molecule has 0 amide bonds. The Morgan fingerprint density at radius 1 is 1.18 bits per heavy atom. The lowest BCUT2D eigenvalue weighted by Gasteiger charge is -2.08. The molecule has 3 aromatic rings. The molecule has 1 heterocycles. The molecular weight excluding hydrogens is 304 g/mol. The van der Waals surface area contributed by atoms with Gasteiger partial charge in [-0.05, 0) is 48.4 Å². The maximum absolute atomic E-state index is 12.5. The molecule has 0 aliphatic rings. The Hall–Kier alpha value is -2.31. The first-order valence-corrected chi connectivity index (χ1v) is 7.95. The summed E-state index contributed by atoms with van der Waals surface area (Å²) in [5, 5.41) is 9.57. The van der Waals surface area contributed by atoms with Crippen molar-refractivity contribution in [2.24, 2.45) is 0 Å². The van der Waals surface area contributed by atoms with Gasteiger partial charge in [-0.25, -0.2) is 4.79 Å². The van der Waals surface area contributed by atoms with Crippen molar-refractivity contribution in [2.75, 3.05) is 5.75 Å². The van der Waals surface area contributed by atoms with Crippen LogP contribution in [0.2, 0.25) is 0 Å². The average molecular weight is 316 g/mol. The summed E-state index contributed by atoms with van der Waals surface area (Å²) in [6, 6.07) is 8.95. The monoisotopic (exact) mass is 316 g/mol. The van der Waals surface area contributed by atoms with Crippen LogP contribution in [0.4, 0.5) is 0 Å². The molecule has 0 saturated heterocycles. The molecule has 1 N–H and O–H groups in total. The maximum atomic E-state index is 12.5. The van der Waals surface area contributed by atoms with E-state index in [0.29, 0.717) is 27.2 Å². The van der Waals surface area contributed by atoms with Crippen molar-refractivity contribution >= 4 is 39.1 Å². The largest absolute Gasteiger partial charge is 0.611 e. The lowest BCUT2D eigenvalue weighted by atomic mass is 10.1. The zero-order valence-electron chi connectivity index (χ0n) is 11.7. The fraction of sp³-hybridized carbons (Fsp3) is 0.125. The van der Waals surface area contributed by atoms with E-state index in [9.17, 15) is 14.1 Å². The van der Waals surface area contributed by atoms with Gasteiger partial charge in [-0.1, -0.05) is 0 Å². The Labute approximate surface area is 128 Å². The van der Waals surface area contributed by atoms with E-state index in [1.807, 2.05) is 6.92 Å². The highest BCUT2D eigenvalue weighted by Gasteiger charge is 2.14. The minimum Gasteiger partial charge on any atom is -0.611 e. The molecular formula is C16H12O5S. The van der Waals surface area contributed by atoms with Gasteiger partial charge < -0.3 is 14.1 Å². The van der Waals surface area contributed by atoms with Crippen LogP contribution >= 0.6 is 0 Å². The van der Waals surface area contributed by atoms with E-state index in [4.69, 9.17) is 9.52 Å². The summed E-state index contributed by atoms with van der Waals surface area (Å²) in [5.74, 6) is -0.624. The summed E-state index contributed by atoms with van der Waals surface area (Å²) in [6.07, 6.45) is 0. The van der Waals surface area contributed by atoms with Crippen LogP contribution in [0.3, 0.4) is 0 Å². The molecule has 112 valence electrons. The maximum Gasteiger partial charge on any atom is 0.335 e. The normalized spacial score (nSPS) is 12.6. The van der Waals surface area contributed by atoms with Crippen molar-refractivity contribution in [1.82, 2.24) is 0 Å². The number of aromatic carboxylic acids is 1. The number of carbonyl (C=O) groups is 1. The molecule has 0 fully saturated rings. The van der Waals surface area contributed by atoms with E-state index in [0.717, 1.165) is 0 Å². The van der Waals surface area contributed by atoms with Crippen molar-refractivity contribution in [3.63, 3.8) is 0 Å². The van der Waals surface area contributed by atoms with Crippen molar-refractivity contribution < 1.29 is 18.9 Å². The lowest BCUT2D eigenvalue weighted by Crippen LogP contribution is -2.07. The van der Waals surface area contributed by atoms with E-state index in [2.05, 4.69) is 0 Å². The van der Waals surface area contributed by atoms with Gasteiger partial charge in [0, 0.05) is 6.07 Å². The molecule has 1 aromatic heterocycles. The van der Waals surface area contributed by atoms with Crippen LogP contribution in [0.1, 0.15) is 17.3 Å². The summed E-state index contributed by atoms with van der Waals surface area (Å²) in [4.78, 5) is 24.1. The van der Waals surface area contributed by atoms with Gasteiger partial charge in [-0.3, -0.25) is 4.79 Å². The Bertz CT molecular complexity index is 944. The van der Waals surface area contributed by atoms with Gasteiger partial charge in [0.2, 0.25) is 5.43 Å². The van der Waals surface area contributed by atoms with Crippen molar-refractivity contribution in [3.05, 3.63) is 52.2 Å². The van der Waals surface area contributed by atoms with Crippen LogP contribution in [0.25, 0.3) is 21.9 Å². The Kier molecular flexibility index (Phi) is 3.64. The number of carboxylic acids is 1. The molecule has 0 spiro atoms.